The van der Waals surface area contributed by atoms with Crippen molar-refractivity contribution in [3.63, 3.8) is 0 Å². The summed E-state index contributed by atoms with van der Waals surface area (Å²) in [4.78, 5) is 8.70. The molecule has 0 saturated carbocycles. The molecule has 3 aromatic rings. The molecule has 0 amide bonds. The Kier molecular flexibility index (Phi) is 5.10. The van der Waals surface area contributed by atoms with Crippen LogP contribution >= 0.6 is 27.5 Å². The van der Waals surface area contributed by atoms with Gasteiger partial charge in [-0.3, -0.25) is 0 Å². The maximum absolute atomic E-state index is 5.89. The lowest BCUT2D eigenvalue weighted by molar-refractivity contribution is 1.08. The van der Waals surface area contributed by atoms with Crippen molar-refractivity contribution in [3.8, 4) is 0 Å². The van der Waals surface area contributed by atoms with Gasteiger partial charge in [0, 0.05) is 22.2 Å². The van der Waals surface area contributed by atoms with Crippen LogP contribution in [0, 0.1) is 0 Å². The van der Waals surface area contributed by atoms with E-state index in [-0.39, 0.29) is 0 Å². The minimum atomic E-state index is 0.540. The fourth-order valence-corrected chi connectivity index (χ4v) is 2.51. The first-order valence-electron chi connectivity index (χ1n) is 7.03. The molecule has 0 unspecified atom stereocenters. The lowest BCUT2D eigenvalue weighted by Crippen LogP contribution is -2.04. The van der Waals surface area contributed by atoms with Crippen LogP contribution in [0.2, 0.25) is 5.02 Å². The number of benzene rings is 2. The summed E-state index contributed by atoms with van der Waals surface area (Å²) in [5, 5.41) is 7.20. The number of anilines is 3. The van der Waals surface area contributed by atoms with Gasteiger partial charge >= 0.3 is 0 Å². The average molecular weight is 390 g/mol. The molecule has 3 rings (SSSR count). The summed E-state index contributed by atoms with van der Waals surface area (Å²) >= 11 is 9.38. The highest BCUT2D eigenvalue weighted by molar-refractivity contribution is 9.10. The molecule has 6 heteroatoms. The van der Waals surface area contributed by atoms with Crippen molar-refractivity contribution in [3.05, 3.63) is 75.9 Å². The Morgan fingerprint density at radius 2 is 1.78 bits per heavy atom. The summed E-state index contributed by atoms with van der Waals surface area (Å²) in [6.07, 6.45) is 1.72. The first-order valence-corrected chi connectivity index (χ1v) is 8.21. The van der Waals surface area contributed by atoms with E-state index < -0.39 is 0 Å². The third kappa shape index (κ3) is 4.43. The third-order valence-corrected chi connectivity index (χ3v) is 4.11. The molecule has 0 aliphatic carbocycles. The van der Waals surface area contributed by atoms with E-state index in [2.05, 4.69) is 36.5 Å². The van der Waals surface area contributed by atoms with Crippen LogP contribution in [0.4, 0.5) is 17.5 Å². The van der Waals surface area contributed by atoms with Crippen LogP contribution in [0.5, 0.6) is 0 Å². The van der Waals surface area contributed by atoms with Crippen molar-refractivity contribution in [1.29, 1.82) is 0 Å². The van der Waals surface area contributed by atoms with Crippen LogP contribution in [0.15, 0.2) is 65.3 Å². The normalized spacial score (nSPS) is 10.3. The number of nitrogens with one attached hydrogen (secondary N) is 2. The lowest BCUT2D eigenvalue weighted by Gasteiger charge is -2.09. The molecule has 0 atom stereocenters. The molecule has 116 valence electrons. The van der Waals surface area contributed by atoms with Gasteiger partial charge in [-0.2, -0.15) is 4.98 Å². The largest absolute Gasteiger partial charge is 0.366 e. The summed E-state index contributed by atoms with van der Waals surface area (Å²) in [5.41, 5.74) is 2.05. The van der Waals surface area contributed by atoms with Crippen molar-refractivity contribution >= 4 is 45.0 Å². The Morgan fingerprint density at radius 1 is 1.00 bits per heavy atom. The van der Waals surface area contributed by atoms with Gasteiger partial charge < -0.3 is 10.6 Å². The summed E-state index contributed by atoms with van der Waals surface area (Å²) in [7, 11) is 0. The van der Waals surface area contributed by atoms with E-state index in [1.807, 2.05) is 54.6 Å². The second-order valence-electron chi connectivity index (χ2n) is 4.85. The van der Waals surface area contributed by atoms with Crippen LogP contribution in [-0.2, 0) is 6.54 Å². The highest BCUT2D eigenvalue weighted by Gasteiger charge is 2.03. The number of hydrogen-bond donors (Lipinski definition) is 2. The van der Waals surface area contributed by atoms with Crippen molar-refractivity contribution in [2.45, 2.75) is 6.54 Å². The van der Waals surface area contributed by atoms with Crippen molar-refractivity contribution in [2.24, 2.45) is 0 Å². The molecule has 2 aromatic carbocycles. The Balaban J connectivity index is 1.67. The zero-order valence-electron chi connectivity index (χ0n) is 12.1. The molecule has 0 bridgehead atoms. The maximum atomic E-state index is 5.89. The predicted octanol–water partition coefficient (Wildman–Crippen LogP) is 5.25. The fourth-order valence-electron chi connectivity index (χ4n) is 2.00. The smallest absolute Gasteiger partial charge is 0.229 e. The van der Waals surface area contributed by atoms with Crippen molar-refractivity contribution in [1.82, 2.24) is 9.97 Å². The molecule has 0 aliphatic rings. The molecular weight excluding hydrogens is 376 g/mol. The monoisotopic (exact) mass is 388 g/mol. The van der Waals surface area contributed by atoms with E-state index >= 15 is 0 Å². The first-order chi connectivity index (χ1) is 11.2. The summed E-state index contributed by atoms with van der Waals surface area (Å²) in [6.45, 7) is 0.669. The minimum absolute atomic E-state index is 0.540. The van der Waals surface area contributed by atoms with E-state index in [4.69, 9.17) is 11.6 Å². The quantitative estimate of drug-likeness (QED) is 0.626. The van der Waals surface area contributed by atoms with Crippen molar-refractivity contribution < 1.29 is 0 Å². The van der Waals surface area contributed by atoms with E-state index in [9.17, 15) is 0 Å². The second-order valence-corrected chi connectivity index (χ2v) is 6.14. The van der Waals surface area contributed by atoms with Crippen LogP contribution in [0.3, 0.4) is 0 Å². The minimum Gasteiger partial charge on any atom is -0.366 e. The molecule has 0 radical (unpaired) electrons. The molecule has 4 nitrogen and oxygen atoms in total. The highest BCUT2D eigenvalue weighted by Crippen LogP contribution is 2.24. The summed E-state index contributed by atoms with van der Waals surface area (Å²) < 4.78 is 0.961. The van der Waals surface area contributed by atoms with E-state index in [0.29, 0.717) is 12.5 Å². The van der Waals surface area contributed by atoms with Gasteiger partial charge in [-0.05, 0) is 51.8 Å². The van der Waals surface area contributed by atoms with Gasteiger partial charge in [0.05, 0.1) is 5.69 Å². The Morgan fingerprint density at radius 3 is 2.57 bits per heavy atom. The molecule has 0 fully saturated rings. The first kappa shape index (κ1) is 15.8. The molecule has 23 heavy (non-hydrogen) atoms. The Hall–Kier alpha value is -2.11. The SMILES string of the molecule is Clc1ccc(CNc2ccnc(Nc3ccccc3Br)n2)cc1. The second kappa shape index (κ2) is 7.44. The lowest BCUT2D eigenvalue weighted by atomic mass is 10.2. The molecular formula is C17H14BrClN4. The Bertz CT molecular complexity index is 793. The maximum Gasteiger partial charge on any atom is 0.229 e. The predicted molar refractivity (Wildman–Crippen MR) is 98.2 cm³/mol. The molecule has 1 heterocycles. The fraction of sp³-hybridized carbons (Fsp3) is 0.0588. The van der Waals surface area contributed by atoms with E-state index in [1.165, 1.54) is 0 Å². The topological polar surface area (TPSA) is 49.8 Å². The van der Waals surface area contributed by atoms with Gasteiger partial charge in [-0.1, -0.05) is 35.9 Å². The zero-order valence-corrected chi connectivity index (χ0v) is 14.5. The van der Waals surface area contributed by atoms with Gasteiger partial charge in [-0.15, -0.1) is 0 Å². The van der Waals surface area contributed by atoms with E-state index in [0.717, 1.165) is 26.6 Å². The van der Waals surface area contributed by atoms with Gasteiger partial charge in [0.2, 0.25) is 5.95 Å². The number of aromatic nitrogens is 2. The molecule has 0 saturated heterocycles. The van der Waals surface area contributed by atoms with E-state index in [1.54, 1.807) is 6.20 Å². The number of halogens is 2. The van der Waals surface area contributed by atoms with Gasteiger partial charge in [0.15, 0.2) is 0 Å². The van der Waals surface area contributed by atoms with Crippen LogP contribution in [-0.4, -0.2) is 9.97 Å². The van der Waals surface area contributed by atoms with Crippen molar-refractivity contribution in [2.75, 3.05) is 10.6 Å². The molecule has 0 spiro atoms. The summed E-state index contributed by atoms with van der Waals surface area (Å²) in [6, 6.07) is 17.4. The molecule has 2 N–H and O–H groups in total. The van der Waals surface area contributed by atoms with Gasteiger partial charge in [0.1, 0.15) is 5.82 Å². The molecule has 1 aromatic heterocycles. The standard InChI is InChI=1S/C17H14BrClN4/c18-14-3-1-2-4-15(14)22-17-20-10-9-16(23-17)21-11-12-5-7-13(19)8-6-12/h1-10H,11H2,(H2,20,21,22,23). The van der Waals surface area contributed by atoms with Crippen LogP contribution in [0.1, 0.15) is 5.56 Å². The van der Waals surface area contributed by atoms with Crippen LogP contribution in [0.25, 0.3) is 0 Å². The van der Waals surface area contributed by atoms with Gasteiger partial charge in [-0.25, -0.2) is 4.98 Å². The number of hydrogen-bond acceptors (Lipinski definition) is 4. The number of rotatable bonds is 5. The average Bonchev–Trinajstić information content (AvgIpc) is 2.57. The van der Waals surface area contributed by atoms with Crippen LogP contribution < -0.4 is 10.6 Å². The number of nitrogens with zero attached hydrogens (tertiary/aromatic N) is 2. The third-order valence-electron chi connectivity index (χ3n) is 3.16. The highest BCUT2D eigenvalue weighted by atomic mass is 79.9. The molecule has 0 aliphatic heterocycles. The Labute approximate surface area is 148 Å². The zero-order chi connectivity index (χ0) is 16.1. The van der Waals surface area contributed by atoms with Gasteiger partial charge in [0.25, 0.3) is 0 Å². The summed E-state index contributed by atoms with van der Waals surface area (Å²) in [5.74, 6) is 1.29. The number of para-hydroxylation sites is 1.